The summed E-state index contributed by atoms with van der Waals surface area (Å²) in [5, 5.41) is 5.92. The molecule has 0 saturated carbocycles. The van der Waals surface area contributed by atoms with Crippen LogP contribution in [-0.4, -0.2) is 55.6 Å². The average Bonchev–Trinajstić information content (AvgIpc) is 3.24. The summed E-state index contributed by atoms with van der Waals surface area (Å²) in [5.74, 6) is 0.973. The number of aryl methyl sites for hydroxylation is 1. The second-order valence-corrected chi connectivity index (χ2v) is 10.2. The van der Waals surface area contributed by atoms with Crippen molar-refractivity contribution in [2.24, 2.45) is 0 Å². The van der Waals surface area contributed by atoms with Crippen LogP contribution in [0.4, 0.5) is 28.3 Å². The molecule has 174 valence electrons. The highest BCUT2D eigenvalue weighted by molar-refractivity contribution is 7.94. The molecule has 1 fully saturated rings. The van der Waals surface area contributed by atoms with Crippen LogP contribution in [0.1, 0.15) is 12.6 Å². The van der Waals surface area contributed by atoms with Gasteiger partial charge in [0.05, 0.1) is 19.4 Å². The first-order valence-electron chi connectivity index (χ1n) is 10.1. The van der Waals surface area contributed by atoms with E-state index in [1.165, 1.54) is 13.1 Å². The van der Waals surface area contributed by atoms with Gasteiger partial charge < -0.3 is 20.3 Å². The van der Waals surface area contributed by atoms with Gasteiger partial charge in [0.25, 0.3) is 10.0 Å². The third kappa shape index (κ3) is 5.94. The minimum atomic E-state index is -3.83. The highest BCUT2D eigenvalue weighted by Crippen LogP contribution is 2.26. The van der Waals surface area contributed by atoms with Crippen LogP contribution in [0, 0.1) is 6.92 Å². The van der Waals surface area contributed by atoms with Gasteiger partial charge in [0.1, 0.15) is 5.82 Å². The van der Waals surface area contributed by atoms with Crippen molar-refractivity contribution < 1.29 is 17.9 Å². The molecule has 0 bridgehead atoms. The number of anilines is 5. The van der Waals surface area contributed by atoms with Gasteiger partial charge >= 0.3 is 0 Å². The Kier molecular flexibility index (Phi) is 6.72. The van der Waals surface area contributed by atoms with Crippen molar-refractivity contribution in [1.82, 2.24) is 15.0 Å². The van der Waals surface area contributed by atoms with Crippen molar-refractivity contribution in [2.45, 2.75) is 18.1 Å². The van der Waals surface area contributed by atoms with E-state index in [0.29, 0.717) is 30.7 Å². The van der Waals surface area contributed by atoms with Crippen LogP contribution in [0.25, 0.3) is 0 Å². The van der Waals surface area contributed by atoms with E-state index in [4.69, 9.17) is 4.74 Å². The van der Waals surface area contributed by atoms with Gasteiger partial charge in [-0.25, -0.2) is 18.4 Å². The molecule has 0 radical (unpaired) electrons. The van der Waals surface area contributed by atoms with E-state index in [0.717, 1.165) is 35.8 Å². The maximum absolute atomic E-state index is 12.6. The molecule has 3 aromatic rings. The Morgan fingerprint density at radius 2 is 1.82 bits per heavy atom. The van der Waals surface area contributed by atoms with E-state index in [-0.39, 0.29) is 15.2 Å². The number of thiazole rings is 1. The number of benzene rings is 1. The predicted molar refractivity (Wildman–Crippen MR) is 127 cm³/mol. The van der Waals surface area contributed by atoms with Crippen molar-refractivity contribution >= 4 is 55.5 Å². The van der Waals surface area contributed by atoms with Crippen molar-refractivity contribution in [3.8, 4) is 0 Å². The molecule has 11 nitrogen and oxygen atoms in total. The Hall–Kier alpha value is -3.29. The van der Waals surface area contributed by atoms with E-state index in [9.17, 15) is 13.2 Å². The van der Waals surface area contributed by atoms with Crippen molar-refractivity contribution in [1.29, 1.82) is 0 Å². The Labute approximate surface area is 195 Å². The van der Waals surface area contributed by atoms with Crippen LogP contribution in [0.15, 0.2) is 40.7 Å². The van der Waals surface area contributed by atoms with E-state index in [2.05, 4.69) is 35.2 Å². The number of ether oxygens (including phenoxy) is 1. The van der Waals surface area contributed by atoms with Crippen molar-refractivity contribution in [2.75, 3.05) is 46.6 Å². The third-order valence-corrected chi connectivity index (χ3v) is 7.33. The maximum Gasteiger partial charge on any atom is 0.273 e. The number of sulfonamides is 1. The molecule has 13 heteroatoms. The lowest BCUT2D eigenvalue weighted by molar-refractivity contribution is -0.114. The van der Waals surface area contributed by atoms with Gasteiger partial charge in [-0.05, 0) is 31.2 Å². The molecule has 3 N–H and O–H groups in total. The summed E-state index contributed by atoms with van der Waals surface area (Å²) in [6.45, 7) is 6.01. The predicted octanol–water partition coefficient (Wildman–Crippen LogP) is 2.58. The highest BCUT2D eigenvalue weighted by Gasteiger charge is 2.19. The molecule has 1 saturated heterocycles. The fourth-order valence-electron chi connectivity index (χ4n) is 3.09. The van der Waals surface area contributed by atoms with Gasteiger partial charge in [0, 0.05) is 43.1 Å². The molecule has 1 amide bonds. The second-order valence-electron chi connectivity index (χ2n) is 7.27. The maximum atomic E-state index is 12.6. The first-order valence-corrected chi connectivity index (χ1v) is 12.4. The molecule has 1 aromatic carbocycles. The van der Waals surface area contributed by atoms with Gasteiger partial charge in [-0.1, -0.05) is 11.3 Å². The molecule has 33 heavy (non-hydrogen) atoms. The molecule has 0 atom stereocenters. The molecule has 4 rings (SSSR count). The lowest BCUT2D eigenvalue weighted by Gasteiger charge is -2.27. The highest BCUT2D eigenvalue weighted by atomic mass is 32.2. The Morgan fingerprint density at radius 3 is 2.52 bits per heavy atom. The number of amides is 1. The van der Waals surface area contributed by atoms with Crippen LogP contribution in [-0.2, 0) is 19.6 Å². The summed E-state index contributed by atoms with van der Waals surface area (Å²) in [5.41, 5.74) is 1.97. The minimum absolute atomic E-state index is 0.000513. The third-order valence-electron chi connectivity index (χ3n) is 4.58. The zero-order chi connectivity index (χ0) is 23.4. The number of carbonyl (C=O) groups is 1. The van der Waals surface area contributed by atoms with E-state index in [1.54, 1.807) is 24.3 Å². The molecule has 1 aliphatic heterocycles. The smallest absolute Gasteiger partial charge is 0.273 e. The number of rotatable bonds is 7. The first kappa shape index (κ1) is 22.9. The summed E-state index contributed by atoms with van der Waals surface area (Å²) < 4.78 is 33.1. The SMILES string of the molecule is CC(=O)Nc1ncc(S(=O)(=O)Nc2ccc(Nc3cc(C)nc(N4CCOCC4)n3)cc2)s1. The van der Waals surface area contributed by atoms with Crippen molar-refractivity contribution in [3.63, 3.8) is 0 Å². The normalized spacial score (nSPS) is 14.1. The van der Waals surface area contributed by atoms with Crippen LogP contribution in [0.2, 0.25) is 0 Å². The fraction of sp³-hybridized carbons (Fsp3) is 0.300. The van der Waals surface area contributed by atoms with Crippen LogP contribution >= 0.6 is 11.3 Å². The second kappa shape index (κ2) is 9.68. The van der Waals surface area contributed by atoms with E-state index < -0.39 is 10.0 Å². The van der Waals surface area contributed by atoms with E-state index in [1.807, 2.05) is 13.0 Å². The zero-order valence-corrected chi connectivity index (χ0v) is 19.7. The summed E-state index contributed by atoms with van der Waals surface area (Å²) in [6.07, 6.45) is 1.21. The monoisotopic (exact) mass is 489 g/mol. The van der Waals surface area contributed by atoms with Crippen molar-refractivity contribution in [3.05, 3.63) is 42.2 Å². The summed E-state index contributed by atoms with van der Waals surface area (Å²) in [7, 11) is -3.83. The number of aromatic nitrogens is 3. The Morgan fingerprint density at radius 1 is 1.12 bits per heavy atom. The Balaban J connectivity index is 1.44. The first-order chi connectivity index (χ1) is 15.8. The molecule has 0 spiro atoms. The molecular formula is C20H23N7O4S2. The van der Waals surface area contributed by atoms with Crippen LogP contribution in [0.5, 0.6) is 0 Å². The van der Waals surface area contributed by atoms with Crippen LogP contribution in [0.3, 0.4) is 0 Å². The Bertz CT molecular complexity index is 1240. The number of hydrogen-bond acceptors (Lipinski definition) is 10. The van der Waals surface area contributed by atoms with Gasteiger partial charge in [0.15, 0.2) is 9.34 Å². The largest absolute Gasteiger partial charge is 0.378 e. The lowest BCUT2D eigenvalue weighted by Crippen LogP contribution is -2.37. The minimum Gasteiger partial charge on any atom is -0.378 e. The molecule has 0 unspecified atom stereocenters. The number of hydrogen-bond donors (Lipinski definition) is 3. The van der Waals surface area contributed by atoms with Gasteiger partial charge in [-0.15, -0.1) is 0 Å². The average molecular weight is 490 g/mol. The molecule has 2 aromatic heterocycles. The summed E-state index contributed by atoms with van der Waals surface area (Å²) >= 11 is 0.875. The zero-order valence-electron chi connectivity index (χ0n) is 18.0. The lowest BCUT2D eigenvalue weighted by atomic mass is 10.3. The fourth-order valence-corrected chi connectivity index (χ4v) is 5.22. The summed E-state index contributed by atoms with van der Waals surface area (Å²) in [6, 6.07) is 8.63. The number of morpholine rings is 1. The van der Waals surface area contributed by atoms with Crippen LogP contribution < -0.4 is 20.3 Å². The number of carbonyl (C=O) groups excluding carboxylic acids is 1. The molecular weight excluding hydrogens is 466 g/mol. The summed E-state index contributed by atoms with van der Waals surface area (Å²) in [4.78, 5) is 26.2. The number of nitrogens with zero attached hydrogens (tertiary/aromatic N) is 4. The van der Waals surface area contributed by atoms with Gasteiger partial charge in [-0.3, -0.25) is 9.52 Å². The number of nitrogens with one attached hydrogen (secondary N) is 3. The topological polar surface area (TPSA) is 138 Å². The standard InChI is InChI=1S/C20H23N7O4S2/c1-13-11-17(25-19(22-13)27-7-9-31-10-8-27)24-15-3-5-16(6-4-15)26-33(29,30)18-12-21-20(32-18)23-14(2)28/h3-6,11-12,26H,7-10H2,1-2H3,(H,21,23,28)(H,22,24,25). The molecule has 1 aliphatic rings. The van der Waals surface area contributed by atoms with E-state index >= 15 is 0 Å². The molecule has 0 aliphatic carbocycles. The van der Waals surface area contributed by atoms with Gasteiger partial charge in [-0.2, -0.15) is 4.98 Å². The molecule has 3 heterocycles. The quantitative estimate of drug-likeness (QED) is 0.457. The van der Waals surface area contributed by atoms with Gasteiger partial charge in [0.2, 0.25) is 11.9 Å².